The number of nitrogens with zero attached hydrogens (tertiary/aromatic N) is 3. The van der Waals surface area contributed by atoms with Gasteiger partial charge in [0, 0.05) is 25.7 Å². The summed E-state index contributed by atoms with van der Waals surface area (Å²) in [5.74, 6) is -0.976. The number of hydrogen-bond donors (Lipinski definition) is 1. The zero-order valence-corrected chi connectivity index (χ0v) is 12.2. The minimum absolute atomic E-state index is 0.0349. The van der Waals surface area contributed by atoms with E-state index in [1.165, 1.54) is 23.1 Å². The first-order valence-corrected chi connectivity index (χ1v) is 6.84. The summed E-state index contributed by atoms with van der Waals surface area (Å²) in [5, 5.41) is 20.7. The minimum atomic E-state index is -0.698. The molecule has 0 bridgehead atoms. The second kappa shape index (κ2) is 6.09. The second-order valence-corrected chi connectivity index (χ2v) is 5.39. The lowest BCUT2D eigenvalue weighted by molar-refractivity contribution is -0.385. The Labute approximate surface area is 122 Å². The van der Waals surface area contributed by atoms with Gasteiger partial charge < -0.3 is 14.9 Å². The van der Waals surface area contributed by atoms with Gasteiger partial charge in [-0.1, -0.05) is 6.07 Å². The van der Waals surface area contributed by atoms with E-state index in [0.717, 1.165) is 19.4 Å². The molecule has 1 N–H and O–H groups in total. The number of phenolic OH excluding ortho intramolecular Hbond substituents is 1. The molecule has 1 amide bonds. The number of carbonyl (C=O) groups excluding carboxylic acids is 1. The maximum atomic E-state index is 12.4. The number of likely N-dealkylation sites (N-methyl/N-ethyl adjacent to an activating group) is 2. The molecule has 1 atom stereocenters. The predicted octanol–water partition coefficient (Wildman–Crippen LogP) is 1.47. The van der Waals surface area contributed by atoms with Gasteiger partial charge in [-0.2, -0.15) is 0 Å². The van der Waals surface area contributed by atoms with Gasteiger partial charge in [0.15, 0.2) is 0 Å². The first kappa shape index (κ1) is 15.2. The van der Waals surface area contributed by atoms with E-state index in [1.807, 2.05) is 7.05 Å². The third-order valence-electron chi connectivity index (χ3n) is 3.94. The number of phenols is 1. The number of hydrogen-bond acceptors (Lipinski definition) is 5. The number of likely N-dealkylation sites (tertiary alicyclic amines) is 1. The molecule has 1 unspecified atom stereocenters. The molecule has 2 rings (SSSR count). The van der Waals surface area contributed by atoms with Gasteiger partial charge in [-0.3, -0.25) is 14.9 Å². The molecule has 0 spiro atoms. The number of para-hydroxylation sites is 1. The van der Waals surface area contributed by atoms with Crippen LogP contribution >= 0.6 is 0 Å². The van der Waals surface area contributed by atoms with Gasteiger partial charge in [0.05, 0.1) is 10.5 Å². The van der Waals surface area contributed by atoms with Gasteiger partial charge in [-0.15, -0.1) is 0 Å². The fourth-order valence-corrected chi connectivity index (χ4v) is 2.67. The molecule has 21 heavy (non-hydrogen) atoms. The third-order valence-corrected chi connectivity index (χ3v) is 3.94. The summed E-state index contributed by atoms with van der Waals surface area (Å²) in [6.45, 7) is 1.55. The van der Waals surface area contributed by atoms with Crippen LogP contribution in [0.2, 0.25) is 0 Å². The van der Waals surface area contributed by atoms with E-state index in [0.29, 0.717) is 12.6 Å². The predicted molar refractivity (Wildman–Crippen MR) is 77.4 cm³/mol. The molecule has 1 heterocycles. The standard InChI is InChI=1S/C14H19N3O4/c1-15-8-4-5-10(15)9-16(2)14(19)11-6-3-7-12(13(11)18)17(20)21/h3,6-7,10,18H,4-5,8-9H2,1-2H3. The molecule has 1 aliphatic heterocycles. The quantitative estimate of drug-likeness (QED) is 0.671. The van der Waals surface area contributed by atoms with Crippen LogP contribution < -0.4 is 0 Å². The van der Waals surface area contributed by atoms with Crippen LogP contribution in [0.5, 0.6) is 5.75 Å². The van der Waals surface area contributed by atoms with Crippen molar-refractivity contribution in [1.82, 2.24) is 9.80 Å². The molecular weight excluding hydrogens is 274 g/mol. The van der Waals surface area contributed by atoms with Crippen LogP contribution in [0.1, 0.15) is 23.2 Å². The zero-order valence-electron chi connectivity index (χ0n) is 12.2. The van der Waals surface area contributed by atoms with E-state index in [1.54, 1.807) is 7.05 Å². The lowest BCUT2D eigenvalue weighted by atomic mass is 10.1. The number of nitro benzene ring substituents is 1. The van der Waals surface area contributed by atoms with E-state index in [4.69, 9.17) is 0 Å². The lowest BCUT2D eigenvalue weighted by Crippen LogP contribution is -2.39. The fourth-order valence-electron chi connectivity index (χ4n) is 2.67. The number of amides is 1. The topological polar surface area (TPSA) is 86.9 Å². The Kier molecular flexibility index (Phi) is 4.42. The molecular formula is C14H19N3O4. The van der Waals surface area contributed by atoms with Crippen LogP contribution in [-0.2, 0) is 0 Å². The summed E-state index contributed by atoms with van der Waals surface area (Å²) < 4.78 is 0. The molecule has 1 aliphatic rings. The SMILES string of the molecule is CN(CC1CCCN1C)C(=O)c1cccc([N+](=O)[O-])c1O. The van der Waals surface area contributed by atoms with E-state index >= 15 is 0 Å². The van der Waals surface area contributed by atoms with E-state index in [-0.39, 0.29) is 5.56 Å². The fraction of sp³-hybridized carbons (Fsp3) is 0.500. The average molecular weight is 293 g/mol. The molecule has 114 valence electrons. The minimum Gasteiger partial charge on any atom is -0.502 e. The van der Waals surface area contributed by atoms with E-state index in [2.05, 4.69) is 4.90 Å². The van der Waals surface area contributed by atoms with Crippen LogP contribution in [0, 0.1) is 10.1 Å². The normalized spacial score (nSPS) is 18.7. The van der Waals surface area contributed by atoms with Gasteiger partial charge in [0.1, 0.15) is 0 Å². The molecule has 0 saturated carbocycles. The maximum Gasteiger partial charge on any atom is 0.311 e. The number of carbonyl (C=O) groups is 1. The largest absolute Gasteiger partial charge is 0.502 e. The number of aromatic hydroxyl groups is 1. The van der Waals surface area contributed by atoms with Crippen molar-refractivity contribution in [1.29, 1.82) is 0 Å². The first-order chi connectivity index (χ1) is 9.91. The Hall–Kier alpha value is -2.15. The van der Waals surface area contributed by atoms with Gasteiger partial charge in [0.25, 0.3) is 5.91 Å². The maximum absolute atomic E-state index is 12.4. The van der Waals surface area contributed by atoms with Crippen LogP contribution in [-0.4, -0.2) is 59.0 Å². The van der Waals surface area contributed by atoms with Crippen LogP contribution in [0.4, 0.5) is 5.69 Å². The van der Waals surface area contributed by atoms with Gasteiger partial charge >= 0.3 is 5.69 Å². The van der Waals surface area contributed by atoms with Crippen molar-refractivity contribution in [3.8, 4) is 5.75 Å². The highest BCUT2D eigenvalue weighted by Gasteiger charge is 2.27. The van der Waals surface area contributed by atoms with Crippen molar-refractivity contribution in [2.75, 3.05) is 27.2 Å². The zero-order chi connectivity index (χ0) is 15.6. The van der Waals surface area contributed by atoms with Crippen LogP contribution in [0.15, 0.2) is 18.2 Å². The molecule has 0 radical (unpaired) electrons. The van der Waals surface area contributed by atoms with Gasteiger partial charge in [0.2, 0.25) is 5.75 Å². The third kappa shape index (κ3) is 3.13. The molecule has 1 fully saturated rings. The van der Waals surface area contributed by atoms with Gasteiger partial charge in [-0.25, -0.2) is 0 Å². The average Bonchev–Trinajstić information content (AvgIpc) is 2.83. The summed E-state index contributed by atoms with van der Waals surface area (Å²) in [5.41, 5.74) is -0.486. The number of nitro groups is 1. The van der Waals surface area contributed by atoms with E-state index < -0.39 is 22.3 Å². The summed E-state index contributed by atoms with van der Waals surface area (Å²) in [6.07, 6.45) is 2.13. The number of rotatable bonds is 4. The molecule has 1 saturated heterocycles. The van der Waals surface area contributed by atoms with E-state index in [9.17, 15) is 20.0 Å². The van der Waals surface area contributed by atoms with Crippen molar-refractivity contribution in [3.05, 3.63) is 33.9 Å². The number of benzene rings is 1. The second-order valence-electron chi connectivity index (χ2n) is 5.39. The molecule has 0 aromatic heterocycles. The van der Waals surface area contributed by atoms with Crippen LogP contribution in [0.3, 0.4) is 0 Å². The molecule has 7 heteroatoms. The summed E-state index contributed by atoms with van der Waals surface area (Å²) >= 11 is 0. The van der Waals surface area contributed by atoms with Crippen molar-refractivity contribution >= 4 is 11.6 Å². The lowest BCUT2D eigenvalue weighted by Gasteiger charge is -2.26. The first-order valence-electron chi connectivity index (χ1n) is 6.84. The molecule has 7 nitrogen and oxygen atoms in total. The highest BCUT2D eigenvalue weighted by molar-refractivity contribution is 5.97. The van der Waals surface area contributed by atoms with Gasteiger partial charge in [-0.05, 0) is 32.5 Å². The van der Waals surface area contributed by atoms with Crippen molar-refractivity contribution in [2.24, 2.45) is 0 Å². The Balaban J connectivity index is 2.16. The smallest absolute Gasteiger partial charge is 0.311 e. The monoisotopic (exact) mass is 293 g/mol. The Morgan fingerprint density at radius 3 is 2.86 bits per heavy atom. The van der Waals surface area contributed by atoms with Crippen molar-refractivity contribution in [3.63, 3.8) is 0 Å². The summed E-state index contributed by atoms with van der Waals surface area (Å²) in [4.78, 5) is 26.2. The molecule has 0 aliphatic carbocycles. The highest BCUT2D eigenvalue weighted by atomic mass is 16.6. The Morgan fingerprint density at radius 1 is 1.57 bits per heavy atom. The summed E-state index contributed by atoms with van der Waals surface area (Å²) in [6, 6.07) is 4.27. The van der Waals surface area contributed by atoms with Crippen molar-refractivity contribution < 1.29 is 14.8 Å². The Morgan fingerprint density at radius 2 is 2.29 bits per heavy atom. The highest BCUT2D eigenvalue weighted by Crippen LogP contribution is 2.30. The van der Waals surface area contributed by atoms with Crippen LogP contribution in [0.25, 0.3) is 0 Å². The molecule has 1 aromatic carbocycles. The summed E-state index contributed by atoms with van der Waals surface area (Å²) in [7, 11) is 3.66. The molecule has 1 aromatic rings. The Bertz CT molecular complexity index is 561. The van der Waals surface area contributed by atoms with Crippen molar-refractivity contribution in [2.45, 2.75) is 18.9 Å².